The maximum atomic E-state index is 13.5. The molecular formula is C17H22FNO2. The standard InChI is InChI=1S/C17H22FNO2/c1-12(17(2,3)4)19(5)16(21)15-11-14(18)9-8-13(15)7-6-10-20/h8-9,11-12,20H,10H2,1-5H3. The van der Waals surface area contributed by atoms with E-state index in [9.17, 15) is 9.18 Å². The van der Waals surface area contributed by atoms with E-state index >= 15 is 0 Å². The number of halogens is 1. The zero-order valence-corrected chi connectivity index (χ0v) is 13.2. The Morgan fingerprint density at radius 3 is 2.57 bits per heavy atom. The van der Waals surface area contributed by atoms with E-state index in [1.165, 1.54) is 18.2 Å². The van der Waals surface area contributed by atoms with Gasteiger partial charge in [-0.2, -0.15) is 0 Å². The fraction of sp³-hybridized carbons (Fsp3) is 0.471. The lowest BCUT2D eigenvalue weighted by Crippen LogP contribution is -2.43. The first-order valence-electron chi connectivity index (χ1n) is 6.85. The molecular weight excluding hydrogens is 269 g/mol. The Labute approximate surface area is 125 Å². The number of amides is 1. The van der Waals surface area contributed by atoms with E-state index in [1.807, 2.05) is 27.7 Å². The van der Waals surface area contributed by atoms with Gasteiger partial charge in [0.05, 0.1) is 5.56 Å². The molecule has 1 rings (SSSR count). The van der Waals surface area contributed by atoms with Crippen molar-refractivity contribution in [2.75, 3.05) is 13.7 Å². The van der Waals surface area contributed by atoms with Crippen LogP contribution in [0.2, 0.25) is 0 Å². The number of hydrogen-bond acceptors (Lipinski definition) is 2. The molecule has 114 valence electrons. The first-order chi connectivity index (χ1) is 9.68. The smallest absolute Gasteiger partial charge is 0.255 e. The lowest BCUT2D eigenvalue weighted by molar-refractivity contribution is 0.0628. The lowest BCUT2D eigenvalue weighted by atomic mass is 9.87. The van der Waals surface area contributed by atoms with E-state index < -0.39 is 5.82 Å². The van der Waals surface area contributed by atoms with Gasteiger partial charge >= 0.3 is 0 Å². The molecule has 3 nitrogen and oxygen atoms in total. The molecule has 0 bridgehead atoms. The van der Waals surface area contributed by atoms with Crippen LogP contribution in [0.3, 0.4) is 0 Å². The van der Waals surface area contributed by atoms with Crippen molar-refractivity contribution >= 4 is 5.91 Å². The maximum absolute atomic E-state index is 13.5. The third-order valence-electron chi connectivity index (χ3n) is 3.67. The molecule has 0 aliphatic carbocycles. The van der Waals surface area contributed by atoms with E-state index in [1.54, 1.807) is 11.9 Å². The molecule has 0 aromatic heterocycles. The number of nitrogens with zero attached hydrogens (tertiary/aromatic N) is 1. The first kappa shape index (κ1) is 17.2. The third-order valence-corrected chi connectivity index (χ3v) is 3.67. The summed E-state index contributed by atoms with van der Waals surface area (Å²) in [5, 5.41) is 8.77. The molecule has 21 heavy (non-hydrogen) atoms. The number of aliphatic hydroxyl groups is 1. The third kappa shape index (κ3) is 4.30. The van der Waals surface area contributed by atoms with Gasteiger partial charge in [-0.25, -0.2) is 4.39 Å². The molecule has 0 heterocycles. The van der Waals surface area contributed by atoms with Gasteiger partial charge in [0.2, 0.25) is 0 Å². The minimum Gasteiger partial charge on any atom is -0.384 e. The number of carbonyl (C=O) groups excluding carboxylic acids is 1. The largest absolute Gasteiger partial charge is 0.384 e. The van der Waals surface area contributed by atoms with E-state index in [0.717, 1.165) is 0 Å². The van der Waals surface area contributed by atoms with E-state index in [0.29, 0.717) is 5.56 Å². The normalized spacial score (nSPS) is 12.3. The Hall–Kier alpha value is -1.86. The fourth-order valence-corrected chi connectivity index (χ4v) is 1.88. The molecule has 1 N–H and O–H groups in total. The van der Waals surface area contributed by atoms with Crippen molar-refractivity contribution < 1.29 is 14.3 Å². The highest BCUT2D eigenvalue weighted by molar-refractivity contribution is 5.96. The van der Waals surface area contributed by atoms with Crippen LogP contribution in [0.5, 0.6) is 0 Å². The maximum Gasteiger partial charge on any atom is 0.255 e. The van der Waals surface area contributed by atoms with Gasteiger partial charge in [-0.1, -0.05) is 32.6 Å². The Morgan fingerprint density at radius 2 is 2.05 bits per heavy atom. The minimum atomic E-state index is -0.482. The van der Waals surface area contributed by atoms with Crippen LogP contribution in [0.25, 0.3) is 0 Å². The second-order valence-corrected chi connectivity index (χ2v) is 6.11. The van der Waals surface area contributed by atoms with Crippen LogP contribution in [0.1, 0.15) is 43.6 Å². The van der Waals surface area contributed by atoms with Crippen molar-refractivity contribution in [3.05, 3.63) is 35.1 Å². The summed E-state index contributed by atoms with van der Waals surface area (Å²) in [6.07, 6.45) is 0. The second-order valence-electron chi connectivity index (χ2n) is 6.11. The van der Waals surface area contributed by atoms with Gasteiger partial charge in [0, 0.05) is 18.7 Å². The average Bonchev–Trinajstić information content (AvgIpc) is 2.42. The molecule has 0 spiro atoms. The van der Waals surface area contributed by atoms with Crippen LogP contribution >= 0.6 is 0 Å². The Bertz CT molecular complexity index is 579. The highest BCUT2D eigenvalue weighted by atomic mass is 19.1. The summed E-state index contributed by atoms with van der Waals surface area (Å²) in [6.45, 7) is 7.77. The molecule has 0 aliphatic heterocycles. The number of aliphatic hydroxyl groups excluding tert-OH is 1. The van der Waals surface area contributed by atoms with Gasteiger partial charge in [0.25, 0.3) is 5.91 Å². The molecule has 1 amide bonds. The molecule has 0 fully saturated rings. The van der Waals surface area contributed by atoms with Crippen LogP contribution in [-0.2, 0) is 0 Å². The Kier molecular flexibility index (Phi) is 5.51. The second kappa shape index (κ2) is 6.73. The summed E-state index contributed by atoms with van der Waals surface area (Å²) >= 11 is 0. The summed E-state index contributed by atoms with van der Waals surface area (Å²) in [5.74, 6) is 4.42. The zero-order valence-electron chi connectivity index (χ0n) is 13.2. The van der Waals surface area contributed by atoms with Crippen LogP contribution in [0, 0.1) is 23.1 Å². The minimum absolute atomic E-state index is 0.0214. The highest BCUT2D eigenvalue weighted by Crippen LogP contribution is 2.25. The van der Waals surface area contributed by atoms with Gasteiger partial charge < -0.3 is 10.0 Å². The highest BCUT2D eigenvalue weighted by Gasteiger charge is 2.28. The summed E-state index contributed by atoms with van der Waals surface area (Å²) < 4.78 is 13.5. The molecule has 1 aromatic carbocycles. The lowest BCUT2D eigenvalue weighted by Gasteiger charge is -2.35. The summed E-state index contributed by atoms with van der Waals surface area (Å²) in [4.78, 5) is 14.2. The number of carbonyl (C=O) groups is 1. The van der Waals surface area contributed by atoms with Gasteiger partial charge in [0.1, 0.15) is 12.4 Å². The van der Waals surface area contributed by atoms with Crippen molar-refractivity contribution in [1.82, 2.24) is 4.90 Å². The fourth-order valence-electron chi connectivity index (χ4n) is 1.88. The van der Waals surface area contributed by atoms with Crippen LogP contribution in [-0.4, -0.2) is 35.6 Å². The number of rotatable bonds is 2. The SMILES string of the molecule is CC(N(C)C(=O)c1cc(F)ccc1C#CCO)C(C)(C)C. The van der Waals surface area contributed by atoms with Gasteiger partial charge in [-0.05, 0) is 30.5 Å². The molecule has 0 saturated carbocycles. The summed E-state index contributed by atoms with van der Waals surface area (Å²) in [6, 6.07) is 3.88. The Balaban J connectivity index is 3.20. The van der Waals surface area contributed by atoms with Gasteiger partial charge in [-0.3, -0.25) is 4.79 Å². The quantitative estimate of drug-likeness (QED) is 0.851. The van der Waals surface area contributed by atoms with Crippen molar-refractivity contribution in [2.45, 2.75) is 33.7 Å². The molecule has 0 saturated heterocycles. The molecule has 1 aromatic rings. The van der Waals surface area contributed by atoms with Crippen molar-refractivity contribution in [3.63, 3.8) is 0 Å². The van der Waals surface area contributed by atoms with Crippen molar-refractivity contribution in [1.29, 1.82) is 0 Å². The molecule has 0 radical (unpaired) electrons. The number of hydrogen-bond donors (Lipinski definition) is 1. The predicted molar refractivity (Wildman–Crippen MR) is 81.4 cm³/mol. The van der Waals surface area contributed by atoms with E-state index in [4.69, 9.17) is 5.11 Å². The Morgan fingerprint density at radius 1 is 1.43 bits per heavy atom. The molecule has 1 atom stereocenters. The van der Waals surface area contributed by atoms with E-state index in [-0.39, 0.29) is 29.5 Å². The van der Waals surface area contributed by atoms with Crippen molar-refractivity contribution in [2.24, 2.45) is 5.41 Å². The molecule has 1 unspecified atom stereocenters. The van der Waals surface area contributed by atoms with E-state index in [2.05, 4.69) is 11.8 Å². The monoisotopic (exact) mass is 291 g/mol. The van der Waals surface area contributed by atoms with Crippen LogP contribution in [0.15, 0.2) is 18.2 Å². The topological polar surface area (TPSA) is 40.5 Å². The van der Waals surface area contributed by atoms with Gasteiger partial charge in [0.15, 0.2) is 0 Å². The number of benzene rings is 1. The van der Waals surface area contributed by atoms with Gasteiger partial charge in [-0.15, -0.1) is 0 Å². The summed E-state index contributed by atoms with van der Waals surface area (Å²) in [7, 11) is 1.70. The van der Waals surface area contributed by atoms with Crippen LogP contribution < -0.4 is 0 Å². The molecule has 4 heteroatoms. The van der Waals surface area contributed by atoms with Crippen LogP contribution in [0.4, 0.5) is 4.39 Å². The zero-order chi connectivity index (χ0) is 16.2. The summed E-state index contributed by atoms with van der Waals surface area (Å²) in [5.41, 5.74) is 0.548. The average molecular weight is 291 g/mol. The van der Waals surface area contributed by atoms with Crippen molar-refractivity contribution in [3.8, 4) is 11.8 Å². The molecule has 0 aliphatic rings. The first-order valence-corrected chi connectivity index (χ1v) is 6.85. The predicted octanol–water partition coefficient (Wildman–Crippen LogP) is 2.68.